The first-order valence-electron chi connectivity index (χ1n) is 7.20. The molecular formula is C16H23I2NO2. The Kier molecular flexibility index (Phi) is 8.48. The molecule has 1 aliphatic heterocycles. The van der Waals surface area contributed by atoms with E-state index in [2.05, 4.69) is 80.2 Å². The maximum atomic E-state index is 11.1. The Balaban J connectivity index is 0.00000106. The largest absolute Gasteiger partial charge is 0.480 e. The van der Waals surface area contributed by atoms with Crippen LogP contribution in [0, 0.1) is 12.8 Å². The van der Waals surface area contributed by atoms with Gasteiger partial charge in [-0.1, -0.05) is 43.2 Å². The third kappa shape index (κ3) is 5.06. The molecule has 3 nitrogen and oxygen atoms in total. The second kappa shape index (κ2) is 9.29. The summed E-state index contributed by atoms with van der Waals surface area (Å²) in [5, 5.41) is 9.16. The van der Waals surface area contributed by atoms with Crippen LogP contribution in [0.5, 0.6) is 0 Å². The van der Waals surface area contributed by atoms with Gasteiger partial charge in [0, 0.05) is 56.2 Å². The smallest absolute Gasteiger partial charge is 0.320 e. The Hall–Kier alpha value is 0.110. The van der Waals surface area contributed by atoms with Crippen molar-refractivity contribution in [3.63, 3.8) is 0 Å². The number of carboxylic acid groups (broad SMARTS) is 1. The average molecular weight is 515 g/mol. The summed E-state index contributed by atoms with van der Waals surface area (Å²) in [5.41, 5.74) is 2.63. The molecule has 0 aromatic heterocycles. The summed E-state index contributed by atoms with van der Waals surface area (Å²) in [7, 11) is 0. The predicted octanol–water partition coefficient (Wildman–Crippen LogP) is 4.66. The Morgan fingerprint density at radius 1 is 1.43 bits per heavy atom. The Bertz CT molecular complexity index is 467. The minimum atomic E-state index is -0.722. The Labute approximate surface area is 150 Å². The first kappa shape index (κ1) is 19.2. The first-order chi connectivity index (χ1) is 10.0. The lowest BCUT2D eigenvalue weighted by Gasteiger charge is -2.20. The van der Waals surface area contributed by atoms with Gasteiger partial charge in [0.05, 0.1) is 0 Å². The van der Waals surface area contributed by atoms with Crippen LogP contribution in [0.25, 0.3) is 0 Å². The second-order valence-electron chi connectivity index (χ2n) is 5.66. The van der Waals surface area contributed by atoms with Crippen molar-refractivity contribution in [3.8, 4) is 0 Å². The van der Waals surface area contributed by atoms with Gasteiger partial charge in [0.2, 0.25) is 0 Å². The van der Waals surface area contributed by atoms with Crippen LogP contribution in [0.3, 0.4) is 0 Å². The Morgan fingerprint density at radius 3 is 2.62 bits per heavy atom. The third-order valence-electron chi connectivity index (χ3n) is 4.37. The molecule has 0 amide bonds. The normalized spacial score (nSPS) is 23.3. The molecule has 1 aromatic rings. The maximum Gasteiger partial charge on any atom is 0.320 e. The zero-order chi connectivity index (χ0) is 16.0. The van der Waals surface area contributed by atoms with Gasteiger partial charge in [-0.3, -0.25) is 9.69 Å². The highest BCUT2D eigenvalue weighted by Gasteiger charge is 2.36. The highest BCUT2D eigenvalue weighted by atomic mass is 128. The number of aryl methyl sites for hydroxylation is 1. The zero-order valence-corrected chi connectivity index (χ0v) is 17.0. The van der Waals surface area contributed by atoms with E-state index in [4.69, 9.17) is 5.11 Å². The summed E-state index contributed by atoms with van der Waals surface area (Å²) in [6.45, 7) is 7.84. The van der Waals surface area contributed by atoms with E-state index in [0.29, 0.717) is 11.8 Å². The third-order valence-corrected chi connectivity index (χ3v) is 4.37. The van der Waals surface area contributed by atoms with Gasteiger partial charge in [0.1, 0.15) is 6.04 Å². The van der Waals surface area contributed by atoms with Gasteiger partial charge in [-0.15, -0.1) is 0 Å². The summed E-state index contributed by atoms with van der Waals surface area (Å²) in [5.74, 6) is 0.301. The van der Waals surface area contributed by atoms with E-state index in [1.807, 2.05) is 0 Å². The van der Waals surface area contributed by atoms with E-state index in [1.54, 1.807) is 6.92 Å². The fourth-order valence-electron chi connectivity index (χ4n) is 3.07. The number of carbonyl (C=O) groups is 1. The van der Waals surface area contributed by atoms with Crippen LogP contribution in [0.15, 0.2) is 24.3 Å². The number of nitrogens with zero attached hydrogens (tertiary/aromatic N) is 1. The van der Waals surface area contributed by atoms with E-state index in [1.165, 1.54) is 11.1 Å². The topological polar surface area (TPSA) is 40.5 Å². The monoisotopic (exact) mass is 515 g/mol. The summed E-state index contributed by atoms with van der Waals surface area (Å²) in [4.78, 5) is 13.2. The standard InChI is InChI=1S/C16H23NO2.I2/c1-4-13-9-17(12(3)16(18)19)10-15(13)14-7-5-6-11(2)8-14;1-2/h5-8,12-13,15H,4,9-10H2,1-3H3,(H,18,19);/t12-,13+,15+;/m1./s1. The van der Waals surface area contributed by atoms with E-state index >= 15 is 0 Å². The fraction of sp³-hybridized carbons (Fsp3) is 0.562. The summed E-state index contributed by atoms with van der Waals surface area (Å²) in [6, 6.07) is 8.23. The van der Waals surface area contributed by atoms with Crippen molar-refractivity contribution in [2.75, 3.05) is 13.1 Å². The van der Waals surface area contributed by atoms with Crippen LogP contribution < -0.4 is 0 Å². The molecule has 1 saturated heterocycles. The second-order valence-corrected chi connectivity index (χ2v) is 5.66. The van der Waals surface area contributed by atoms with Crippen molar-refractivity contribution in [2.24, 2.45) is 5.92 Å². The molecule has 0 spiro atoms. The molecule has 5 heteroatoms. The average Bonchev–Trinajstić information content (AvgIpc) is 2.92. The van der Waals surface area contributed by atoms with E-state index in [0.717, 1.165) is 19.5 Å². The first-order valence-corrected chi connectivity index (χ1v) is 13.5. The van der Waals surface area contributed by atoms with E-state index in [9.17, 15) is 4.79 Å². The van der Waals surface area contributed by atoms with Crippen LogP contribution in [-0.4, -0.2) is 35.1 Å². The van der Waals surface area contributed by atoms with Crippen LogP contribution in [-0.2, 0) is 4.79 Å². The molecule has 0 aliphatic carbocycles. The van der Waals surface area contributed by atoms with Crippen molar-refractivity contribution in [3.05, 3.63) is 35.4 Å². The molecule has 2 rings (SSSR count). The molecule has 0 unspecified atom stereocenters. The lowest BCUT2D eigenvalue weighted by molar-refractivity contribution is -0.142. The number of hydrogen-bond donors (Lipinski definition) is 1. The van der Waals surface area contributed by atoms with Gasteiger partial charge < -0.3 is 5.11 Å². The predicted molar refractivity (Wildman–Crippen MR) is 104 cm³/mol. The number of likely N-dealkylation sites (tertiary alicyclic amines) is 1. The minimum absolute atomic E-state index is 0.385. The summed E-state index contributed by atoms with van der Waals surface area (Å²) in [6.07, 6.45) is 1.10. The van der Waals surface area contributed by atoms with Crippen molar-refractivity contribution in [1.82, 2.24) is 4.90 Å². The van der Waals surface area contributed by atoms with Crippen molar-refractivity contribution in [1.29, 1.82) is 0 Å². The van der Waals surface area contributed by atoms with Crippen molar-refractivity contribution >= 4 is 43.2 Å². The molecular weight excluding hydrogens is 492 g/mol. The molecule has 21 heavy (non-hydrogen) atoms. The van der Waals surface area contributed by atoms with Gasteiger partial charge in [-0.05, 0) is 25.3 Å². The molecule has 0 radical (unpaired) electrons. The number of aliphatic carboxylic acids is 1. The SMILES string of the molecule is CC[C@H]1CN([C@H](C)C(=O)O)C[C@@H]1c1cccc(C)c1.II. The van der Waals surface area contributed by atoms with Gasteiger partial charge in [0.25, 0.3) is 0 Å². The highest BCUT2D eigenvalue weighted by molar-refractivity contribution is 15.0. The fourth-order valence-corrected chi connectivity index (χ4v) is 3.07. The summed E-state index contributed by atoms with van der Waals surface area (Å²) < 4.78 is 0. The molecule has 1 N–H and O–H groups in total. The highest BCUT2D eigenvalue weighted by Crippen LogP contribution is 2.35. The molecule has 118 valence electrons. The number of carboxylic acids is 1. The number of benzene rings is 1. The van der Waals surface area contributed by atoms with Gasteiger partial charge in [-0.2, -0.15) is 0 Å². The maximum absolute atomic E-state index is 11.1. The molecule has 1 fully saturated rings. The molecule has 3 atom stereocenters. The number of rotatable bonds is 4. The lowest BCUT2D eigenvalue weighted by atomic mass is 9.87. The lowest BCUT2D eigenvalue weighted by Crippen LogP contribution is -2.37. The zero-order valence-electron chi connectivity index (χ0n) is 12.7. The Morgan fingerprint density at radius 2 is 2.10 bits per heavy atom. The van der Waals surface area contributed by atoms with Crippen LogP contribution in [0.1, 0.15) is 37.3 Å². The van der Waals surface area contributed by atoms with E-state index < -0.39 is 5.97 Å². The quantitative estimate of drug-likeness (QED) is 0.594. The molecule has 1 aliphatic rings. The van der Waals surface area contributed by atoms with Gasteiger partial charge in [-0.25, -0.2) is 0 Å². The molecule has 1 aromatic carbocycles. The minimum Gasteiger partial charge on any atom is -0.480 e. The number of halogens is 2. The van der Waals surface area contributed by atoms with Crippen LogP contribution >= 0.6 is 37.2 Å². The molecule has 0 saturated carbocycles. The van der Waals surface area contributed by atoms with Crippen molar-refractivity contribution < 1.29 is 9.90 Å². The van der Waals surface area contributed by atoms with Crippen LogP contribution in [0.4, 0.5) is 0 Å². The van der Waals surface area contributed by atoms with Crippen molar-refractivity contribution in [2.45, 2.75) is 39.2 Å². The van der Waals surface area contributed by atoms with Gasteiger partial charge in [0.15, 0.2) is 0 Å². The van der Waals surface area contributed by atoms with Crippen LogP contribution in [0.2, 0.25) is 0 Å². The van der Waals surface area contributed by atoms with E-state index in [-0.39, 0.29) is 6.04 Å². The molecule has 1 heterocycles. The number of hydrogen-bond acceptors (Lipinski definition) is 2. The van der Waals surface area contributed by atoms with Gasteiger partial charge >= 0.3 is 5.97 Å². The molecule has 0 bridgehead atoms. The summed E-state index contributed by atoms with van der Waals surface area (Å²) >= 11 is 4.24.